The fourth-order valence-electron chi connectivity index (χ4n) is 3.88. The molecule has 2 aliphatic heterocycles. The van der Waals surface area contributed by atoms with Crippen LogP contribution in [0.2, 0.25) is 0 Å². The Morgan fingerprint density at radius 1 is 0.955 bits per heavy atom. The van der Waals surface area contributed by atoms with Crippen LogP contribution < -0.4 is 10.6 Å². The van der Waals surface area contributed by atoms with Crippen LogP contribution in [0.3, 0.4) is 0 Å². The Bertz CT molecular complexity index is 279. The van der Waals surface area contributed by atoms with Crippen LogP contribution in [-0.2, 0) is 0 Å². The highest BCUT2D eigenvalue weighted by molar-refractivity contribution is 4.81. The van der Waals surface area contributed by atoms with Gasteiger partial charge in [-0.3, -0.25) is 0 Å². The molecule has 0 bridgehead atoms. The largest absolute Gasteiger partial charge is 0.316 e. The zero-order valence-electron chi connectivity index (χ0n) is 15.1. The van der Waals surface area contributed by atoms with Gasteiger partial charge in [0.15, 0.2) is 0 Å². The van der Waals surface area contributed by atoms with Gasteiger partial charge in [-0.25, -0.2) is 0 Å². The van der Waals surface area contributed by atoms with Gasteiger partial charge in [0.2, 0.25) is 0 Å². The molecule has 0 amide bonds. The molecule has 0 aromatic heterocycles. The Morgan fingerprint density at radius 2 is 1.64 bits per heavy atom. The van der Waals surface area contributed by atoms with E-state index < -0.39 is 0 Å². The number of nitrogens with one attached hydrogen (secondary N) is 2. The van der Waals surface area contributed by atoms with Crippen LogP contribution in [0, 0.1) is 5.92 Å². The van der Waals surface area contributed by atoms with E-state index in [0.717, 1.165) is 37.6 Å². The minimum atomic E-state index is 0.727. The van der Waals surface area contributed by atoms with E-state index in [9.17, 15) is 0 Å². The molecule has 0 radical (unpaired) electrons. The maximum absolute atomic E-state index is 3.70. The van der Waals surface area contributed by atoms with Crippen LogP contribution in [0.15, 0.2) is 0 Å². The first-order chi connectivity index (χ1) is 10.7. The summed E-state index contributed by atoms with van der Waals surface area (Å²) in [5, 5.41) is 7.09. The molecule has 2 rings (SSSR count). The van der Waals surface area contributed by atoms with Gasteiger partial charge in [0.25, 0.3) is 0 Å². The maximum atomic E-state index is 3.70. The van der Waals surface area contributed by atoms with E-state index in [2.05, 4.69) is 41.2 Å². The summed E-state index contributed by atoms with van der Waals surface area (Å²) in [7, 11) is 0. The van der Waals surface area contributed by atoms with E-state index in [1.807, 2.05) is 0 Å². The van der Waals surface area contributed by atoms with Gasteiger partial charge in [-0.05, 0) is 78.2 Å². The van der Waals surface area contributed by atoms with Crippen LogP contribution in [0.4, 0.5) is 0 Å². The molecular formula is C18H38N4. The van der Waals surface area contributed by atoms with Gasteiger partial charge in [0, 0.05) is 31.7 Å². The summed E-state index contributed by atoms with van der Waals surface area (Å²) in [5.41, 5.74) is 0. The van der Waals surface area contributed by atoms with Crippen molar-refractivity contribution < 1.29 is 0 Å². The predicted octanol–water partition coefficient (Wildman–Crippen LogP) is 1.77. The average Bonchev–Trinajstić information content (AvgIpc) is 2.54. The van der Waals surface area contributed by atoms with Crippen molar-refractivity contribution in [1.29, 1.82) is 0 Å². The van der Waals surface area contributed by atoms with Gasteiger partial charge < -0.3 is 20.4 Å². The quantitative estimate of drug-likeness (QED) is 0.669. The van der Waals surface area contributed by atoms with Crippen LogP contribution in [0.1, 0.15) is 46.5 Å². The molecule has 2 N–H and O–H groups in total. The van der Waals surface area contributed by atoms with Gasteiger partial charge in [-0.2, -0.15) is 0 Å². The fraction of sp³-hybridized carbons (Fsp3) is 1.00. The zero-order chi connectivity index (χ0) is 15.8. The Balaban J connectivity index is 1.56. The molecule has 0 aromatic carbocycles. The lowest BCUT2D eigenvalue weighted by atomic mass is 9.94. The Kier molecular flexibility index (Phi) is 8.15. The fourth-order valence-corrected chi connectivity index (χ4v) is 3.88. The summed E-state index contributed by atoms with van der Waals surface area (Å²) in [6.45, 7) is 16.7. The minimum Gasteiger partial charge on any atom is -0.316 e. The summed E-state index contributed by atoms with van der Waals surface area (Å²) in [6, 6.07) is 1.47. The first-order valence-corrected chi connectivity index (χ1v) is 9.59. The van der Waals surface area contributed by atoms with Gasteiger partial charge in [0.1, 0.15) is 0 Å². The van der Waals surface area contributed by atoms with Gasteiger partial charge in [0.05, 0.1) is 0 Å². The van der Waals surface area contributed by atoms with E-state index in [4.69, 9.17) is 0 Å². The molecule has 2 fully saturated rings. The van der Waals surface area contributed by atoms with Crippen molar-refractivity contribution in [3.63, 3.8) is 0 Å². The SMILES string of the molecule is CCNCCNC1CCN(CC2CCN(C(C)C)CC2)CC1. The summed E-state index contributed by atoms with van der Waals surface area (Å²) < 4.78 is 0. The second kappa shape index (κ2) is 9.86. The number of likely N-dealkylation sites (N-methyl/N-ethyl adjacent to an activating group) is 1. The third-order valence-electron chi connectivity index (χ3n) is 5.47. The highest BCUT2D eigenvalue weighted by Crippen LogP contribution is 2.21. The van der Waals surface area contributed by atoms with Gasteiger partial charge in [-0.1, -0.05) is 6.92 Å². The maximum Gasteiger partial charge on any atom is 0.00919 e. The molecule has 0 aliphatic carbocycles. The number of nitrogens with zero attached hydrogens (tertiary/aromatic N) is 2. The topological polar surface area (TPSA) is 30.5 Å². The Hall–Kier alpha value is -0.160. The first kappa shape index (κ1) is 18.2. The van der Waals surface area contributed by atoms with E-state index in [1.165, 1.54) is 58.4 Å². The summed E-state index contributed by atoms with van der Waals surface area (Å²) in [5.74, 6) is 0.938. The molecule has 22 heavy (non-hydrogen) atoms. The van der Waals surface area contributed by atoms with Crippen LogP contribution in [-0.4, -0.2) is 74.2 Å². The third kappa shape index (κ3) is 6.15. The van der Waals surface area contributed by atoms with Crippen molar-refractivity contribution in [3.8, 4) is 0 Å². The number of piperidine rings is 2. The van der Waals surface area contributed by atoms with Crippen molar-refractivity contribution in [3.05, 3.63) is 0 Å². The highest BCUT2D eigenvalue weighted by Gasteiger charge is 2.25. The van der Waals surface area contributed by atoms with E-state index >= 15 is 0 Å². The first-order valence-electron chi connectivity index (χ1n) is 9.59. The molecule has 2 saturated heterocycles. The molecule has 0 saturated carbocycles. The molecule has 130 valence electrons. The summed E-state index contributed by atoms with van der Waals surface area (Å²) in [6.07, 6.45) is 5.46. The van der Waals surface area contributed by atoms with Crippen LogP contribution in [0.5, 0.6) is 0 Å². The summed E-state index contributed by atoms with van der Waals surface area (Å²) in [4.78, 5) is 5.36. The lowest BCUT2D eigenvalue weighted by Gasteiger charge is -2.39. The average molecular weight is 311 g/mol. The number of likely N-dealkylation sites (tertiary alicyclic amines) is 2. The molecule has 4 nitrogen and oxygen atoms in total. The number of hydrogen-bond donors (Lipinski definition) is 2. The molecule has 4 heteroatoms. The van der Waals surface area contributed by atoms with Crippen LogP contribution in [0.25, 0.3) is 0 Å². The monoisotopic (exact) mass is 310 g/mol. The smallest absolute Gasteiger partial charge is 0.00919 e. The van der Waals surface area contributed by atoms with E-state index in [0.29, 0.717) is 0 Å². The van der Waals surface area contributed by atoms with Gasteiger partial charge in [-0.15, -0.1) is 0 Å². The normalized spacial score (nSPS) is 23.5. The molecular weight excluding hydrogens is 272 g/mol. The molecule has 0 spiro atoms. The van der Waals surface area contributed by atoms with Crippen molar-refractivity contribution in [2.45, 2.75) is 58.5 Å². The molecule has 0 atom stereocenters. The minimum absolute atomic E-state index is 0.727. The Labute approximate surface area is 138 Å². The summed E-state index contributed by atoms with van der Waals surface area (Å²) >= 11 is 0. The van der Waals surface area contributed by atoms with Crippen molar-refractivity contribution in [1.82, 2.24) is 20.4 Å². The number of rotatable bonds is 8. The molecule has 0 unspecified atom stereocenters. The predicted molar refractivity (Wildman–Crippen MR) is 95.4 cm³/mol. The van der Waals surface area contributed by atoms with Gasteiger partial charge >= 0.3 is 0 Å². The second-order valence-electron chi connectivity index (χ2n) is 7.46. The molecule has 2 heterocycles. The second-order valence-corrected chi connectivity index (χ2v) is 7.46. The van der Waals surface area contributed by atoms with Crippen molar-refractivity contribution in [2.75, 3.05) is 52.4 Å². The van der Waals surface area contributed by atoms with E-state index in [-0.39, 0.29) is 0 Å². The zero-order valence-corrected chi connectivity index (χ0v) is 15.1. The van der Waals surface area contributed by atoms with Crippen molar-refractivity contribution in [2.24, 2.45) is 5.92 Å². The molecule has 2 aliphatic rings. The lowest BCUT2D eigenvalue weighted by molar-refractivity contribution is 0.108. The molecule has 0 aromatic rings. The number of hydrogen-bond acceptors (Lipinski definition) is 4. The highest BCUT2D eigenvalue weighted by atomic mass is 15.2. The van der Waals surface area contributed by atoms with Crippen molar-refractivity contribution >= 4 is 0 Å². The van der Waals surface area contributed by atoms with E-state index in [1.54, 1.807) is 0 Å². The third-order valence-corrected chi connectivity index (χ3v) is 5.47. The standard InChI is InChI=1S/C18H38N4/c1-4-19-9-10-20-18-7-11-21(12-8-18)15-17-5-13-22(14-6-17)16(2)3/h16-20H,4-15H2,1-3H3. The Morgan fingerprint density at radius 3 is 2.23 bits per heavy atom. The lowest BCUT2D eigenvalue weighted by Crippen LogP contribution is -2.47. The van der Waals surface area contributed by atoms with Crippen LogP contribution >= 0.6 is 0 Å².